The molecule has 5 aliphatic heterocycles. The van der Waals surface area contributed by atoms with Gasteiger partial charge in [-0.2, -0.15) is 0 Å². The van der Waals surface area contributed by atoms with Gasteiger partial charge in [-0.05, 0) is 92.8 Å². The number of hydrogen-bond acceptors (Lipinski definition) is 10. The smallest absolute Gasteiger partial charge is 0.174 e. The van der Waals surface area contributed by atoms with Gasteiger partial charge in [0.25, 0.3) is 0 Å². The quantitative estimate of drug-likeness (QED) is 0.227. The highest BCUT2D eigenvalue weighted by molar-refractivity contribution is 7.94. The van der Waals surface area contributed by atoms with Crippen LogP contribution in [0.3, 0.4) is 0 Å². The second-order valence-corrected chi connectivity index (χ2v) is 18.6. The van der Waals surface area contributed by atoms with Crippen molar-refractivity contribution in [3.8, 4) is 0 Å². The lowest BCUT2D eigenvalue weighted by Crippen LogP contribution is -2.62. The Balaban J connectivity index is 1.08. The summed E-state index contributed by atoms with van der Waals surface area (Å²) in [5.41, 5.74) is 0. The van der Waals surface area contributed by atoms with Crippen LogP contribution in [0.25, 0.3) is 0 Å². The van der Waals surface area contributed by atoms with E-state index in [0.717, 1.165) is 19.3 Å². The molecule has 9 aliphatic rings. The minimum absolute atomic E-state index is 0.0175. The largest absolute Gasteiger partial charge is 0.286 e. The van der Waals surface area contributed by atoms with E-state index in [0.29, 0.717) is 54.0 Å². The van der Waals surface area contributed by atoms with E-state index in [1.807, 2.05) is 0 Å². The van der Waals surface area contributed by atoms with Crippen molar-refractivity contribution >= 4 is 9.84 Å². The summed E-state index contributed by atoms with van der Waals surface area (Å²) in [6, 6.07) is 0. The monoisotopic (exact) mass is 642 g/mol. The lowest BCUT2D eigenvalue weighted by molar-refractivity contribution is 0.168. The molecule has 0 aromatic carbocycles. The van der Waals surface area contributed by atoms with Gasteiger partial charge in [-0.1, -0.05) is 51.5 Å². The Kier molecular flexibility index (Phi) is 8.15. The molecule has 4 aliphatic carbocycles. The molecule has 0 radical (unpaired) electrons. The van der Waals surface area contributed by atoms with Gasteiger partial charge >= 0.3 is 0 Å². The summed E-state index contributed by atoms with van der Waals surface area (Å²) in [5, 5.41) is 33.8. The van der Waals surface area contributed by atoms with Gasteiger partial charge in [0, 0.05) is 11.3 Å². The van der Waals surface area contributed by atoms with E-state index in [1.165, 1.54) is 82.5 Å². The molecule has 0 amide bonds. The van der Waals surface area contributed by atoms with E-state index in [4.69, 9.17) is 0 Å². The fraction of sp³-hybridized carbons (Fsp3) is 0.941. The minimum atomic E-state index is -3.39. The summed E-state index contributed by atoms with van der Waals surface area (Å²) in [6.45, 7) is 3.76. The van der Waals surface area contributed by atoms with Crippen molar-refractivity contribution in [2.45, 2.75) is 151 Å². The molecule has 0 aromatic rings. The lowest BCUT2D eigenvalue weighted by Gasteiger charge is -2.38. The summed E-state index contributed by atoms with van der Waals surface area (Å²) in [4.78, 5) is 0. The van der Waals surface area contributed by atoms with Gasteiger partial charge in [0.2, 0.25) is 0 Å². The van der Waals surface area contributed by atoms with Crippen molar-refractivity contribution in [2.24, 2.45) is 47.3 Å². The molecule has 8 N–H and O–H groups in total. The standard InChI is InChI=1S/C34H58N8O2S/c1-2-45(43,44)25-17-9-16-24-26(25)34-41-32-23-15-8-7-14-22(23)30(39-32)37-28-19-11-4-3-10-18(19)27(35-28)36-29-20-12-5-6-13-21(20)31(38-29)40-33(24)42-34/h2,18-42H,1,3-17H2. The normalized spacial score (nSPS) is 54.4. The van der Waals surface area contributed by atoms with Crippen LogP contribution >= 0.6 is 0 Å². The van der Waals surface area contributed by atoms with Crippen LogP contribution in [0.15, 0.2) is 12.0 Å². The Morgan fingerprint density at radius 1 is 0.400 bits per heavy atom. The Bertz CT molecular complexity index is 1220. The van der Waals surface area contributed by atoms with E-state index in [-0.39, 0.29) is 47.9 Å². The van der Waals surface area contributed by atoms with Gasteiger partial charge in [-0.15, -0.1) is 0 Å². The molecule has 9 fully saturated rings. The fourth-order valence-corrected chi connectivity index (χ4v) is 14.0. The van der Waals surface area contributed by atoms with E-state index in [1.54, 1.807) is 0 Å². The Morgan fingerprint density at radius 2 is 0.689 bits per heavy atom. The first-order chi connectivity index (χ1) is 22.0. The molecule has 0 aromatic heterocycles. The van der Waals surface area contributed by atoms with Crippen LogP contribution in [0.4, 0.5) is 0 Å². The second kappa shape index (κ2) is 12.1. The van der Waals surface area contributed by atoms with Gasteiger partial charge in [0.05, 0.1) is 54.6 Å². The number of sulfone groups is 1. The molecule has 9 rings (SSSR count). The summed E-state index contributed by atoms with van der Waals surface area (Å²) in [7, 11) is -3.39. The van der Waals surface area contributed by atoms with E-state index in [2.05, 4.69) is 49.1 Å². The third-order valence-corrected chi connectivity index (χ3v) is 16.3. The highest BCUT2D eigenvalue weighted by Gasteiger charge is 2.56. The molecule has 45 heavy (non-hydrogen) atoms. The topological polar surface area (TPSA) is 130 Å². The van der Waals surface area contributed by atoms with E-state index < -0.39 is 9.84 Å². The maximum Gasteiger partial charge on any atom is 0.174 e. The van der Waals surface area contributed by atoms with Crippen LogP contribution < -0.4 is 42.5 Å². The van der Waals surface area contributed by atoms with Crippen LogP contribution in [-0.2, 0) is 9.84 Å². The Labute approximate surface area is 270 Å². The van der Waals surface area contributed by atoms with Crippen molar-refractivity contribution in [1.29, 1.82) is 0 Å². The number of fused-ring (bicyclic) bond motifs is 20. The highest BCUT2D eigenvalue weighted by atomic mass is 32.2. The lowest BCUT2D eigenvalue weighted by atomic mass is 9.76. The zero-order valence-corrected chi connectivity index (χ0v) is 27.7. The van der Waals surface area contributed by atoms with Crippen LogP contribution in [0.2, 0.25) is 0 Å². The predicted molar refractivity (Wildman–Crippen MR) is 175 cm³/mol. The molecule has 8 bridgehead atoms. The molecule has 17 atom stereocenters. The average molecular weight is 643 g/mol. The second-order valence-electron chi connectivity index (χ2n) is 16.5. The van der Waals surface area contributed by atoms with Crippen molar-refractivity contribution in [1.82, 2.24) is 42.5 Å². The molecular weight excluding hydrogens is 584 g/mol. The van der Waals surface area contributed by atoms with Crippen LogP contribution in [0.1, 0.15) is 96.3 Å². The van der Waals surface area contributed by atoms with Crippen LogP contribution in [0, 0.1) is 47.3 Å². The van der Waals surface area contributed by atoms with Crippen LogP contribution in [-0.4, -0.2) is 63.0 Å². The van der Waals surface area contributed by atoms with Crippen molar-refractivity contribution in [3.05, 3.63) is 12.0 Å². The summed E-state index contributed by atoms with van der Waals surface area (Å²) >= 11 is 0. The molecule has 5 saturated heterocycles. The number of rotatable bonds is 2. The van der Waals surface area contributed by atoms with Crippen LogP contribution in [0.5, 0.6) is 0 Å². The maximum absolute atomic E-state index is 13.5. The van der Waals surface area contributed by atoms with Gasteiger partial charge < -0.3 is 0 Å². The zero-order chi connectivity index (χ0) is 30.3. The predicted octanol–water partition coefficient (Wildman–Crippen LogP) is 2.14. The Hall–Kier alpha value is -0.630. The van der Waals surface area contributed by atoms with E-state index in [9.17, 15) is 8.42 Å². The zero-order valence-electron chi connectivity index (χ0n) is 26.9. The first-order valence-electron chi connectivity index (χ1n) is 18.9. The van der Waals surface area contributed by atoms with Crippen molar-refractivity contribution in [2.75, 3.05) is 0 Å². The SMILES string of the molecule is C=CS(=O)(=O)C1CCCC2C3NC4NC(NC5NC(NC6NC(NC(N3)C21)C1CCCCC61)C1CCCCC51)C1CCCCC41. The summed E-state index contributed by atoms with van der Waals surface area (Å²) in [5.74, 6) is 3.97. The maximum atomic E-state index is 13.5. The van der Waals surface area contributed by atoms with Crippen molar-refractivity contribution < 1.29 is 8.42 Å². The van der Waals surface area contributed by atoms with Gasteiger partial charge in [0.1, 0.15) is 0 Å². The van der Waals surface area contributed by atoms with E-state index >= 15 is 0 Å². The van der Waals surface area contributed by atoms with Gasteiger partial charge in [-0.25, -0.2) is 8.42 Å². The fourth-order valence-electron chi connectivity index (χ4n) is 12.5. The Morgan fingerprint density at radius 3 is 1.02 bits per heavy atom. The molecule has 252 valence electrons. The first-order valence-corrected chi connectivity index (χ1v) is 20.5. The third-order valence-electron chi connectivity index (χ3n) is 14.5. The first kappa shape index (κ1) is 30.4. The summed E-state index contributed by atoms with van der Waals surface area (Å²) < 4.78 is 27.0. The van der Waals surface area contributed by atoms with Gasteiger partial charge in [-0.3, -0.25) is 42.5 Å². The third kappa shape index (κ3) is 5.21. The minimum Gasteiger partial charge on any atom is -0.286 e. The molecule has 0 spiro atoms. The summed E-state index contributed by atoms with van der Waals surface area (Å²) in [6.07, 6.45) is 19.9. The van der Waals surface area contributed by atoms with Crippen molar-refractivity contribution in [3.63, 3.8) is 0 Å². The molecule has 11 heteroatoms. The number of nitrogens with one attached hydrogen (secondary N) is 8. The number of hydrogen-bond donors (Lipinski definition) is 8. The molecular formula is C34H58N8O2S. The van der Waals surface area contributed by atoms with Gasteiger partial charge in [0.15, 0.2) is 9.84 Å². The molecule has 5 heterocycles. The average Bonchev–Trinajstić information content (AvgIpc) is 3.80. The molecule has 17 unspecified atom stereocenters. The molecule has 10 nitrogen and oxygen atoms in total. The molecule has 4 saturated carbocycles. The highest BCUT2D eigenvalue weighted by Crippen LogP contribution is 2.46.